The van der Waals surface area contributed by atoms with E-state index in [-0.39, 0.29) is 11.5 Å². The van der Waals surface area contributed by atoms with E-state index in [0.717, 1.165) is 3.57 Å². The molecule has 0 bridgehead atoms. The molecule has 0 aliphatic rings. The van der Waals surface area contributed by atoms with Crippen LogP contribution in [0.25, 0.3) is 0 Å². The molecule has 0 unspecified atom stereocenters. The van der Waals surface area contributed by atoms with Gasteiger partial charge in [0.1, 0.15) is 4.90 Å². The molecule has 0 aliphatic carbocycles. The summed E-state index contributed by atoms with van der Waals surface area (Å²) < 4.78 is 29.4. The summed E-state index contributed by atoms with van der Waals surface area (Å²) in [5, 5.41) is 9.44. The summed E-state index contributed by atoms with van der Waals surface area (Å²) in [6.07, 6.45) is 1.44. The Morgan fingerprint density at radius 2 is 2.10 bits per heavy atom. The van der Waals surface area contributed by atoms with E-state index in [1.807, 2.05) is 0 Å². The number of nitrogens with zero attached hydrogens (tertiary/aromatic N) is 1. The second-order valence-electron chi connectivity index (χ2n) is 4.17. The number of anilines is 1. The quantitative estimate of drug-likeness (QED) is 0.738. The molecular formula is C12H12ClIN2O3S. The molecule has 2 N–H and O–H groups in total. The molecule has 0 radical (unpaired) electrons. The number of aliphatic hydroxyl groups excluding tert-OH is 1. The van der Waals surface area contributed by atoms with E-state index in [1.54, 1.807) is 29.8 Å². The van der Waals surface area contributed by atoms with E-state index >= 15 is 0 Å². The van der Waals surface area contributed by atoms with Crippen LogP contribution >= 0.6 is 34.2 Å². The van der Waals surface area contributed by atoms with Crippen molar-refractivity contribution in [3.63, 3.8) is 0 Å². The Bertz CT molecular complexity index is 743. The predicted octanol–water partition coefficient (Wildman–Crippen LogP) is 2.58. The lowest BCUT2D eigenvalue weighted by Gasteiger charge is -2.08. The van der Waals surface area contributed by atoms with Gasteiger partial charge in [0, 0.05) is 22.5 Å². The van der Waals surface area contributed by atoms with Gasteiger partial charge in [-0.25, -0.2) is 8.42 Å². The average molecular weight is 427 g/mol. The van der Waals surface area contributed by atoms with Crippen molar-refractivity contribution < 1.29 is 13.5 Å². The SMILES string of the molecule is Cn1cc(S(=O)(=O)Nc2ccc(I)cc2Cl)cc1CO. The van der Waals surface area contributed by atoms with Crippen LogP contribution in [0.2, 0.25) is 5.02 Å². The first-order chi connectivity index (χ1) is 9.33. The highest BCUT2D eigenvalue weighted by molar-refractivity contribution is 14.1. The van der Waals surface area contributed by atoms with Gasteiger partial charge in [0.25, 0.3) is 10.0 Å². The van der Waals surface area contributed by atoms with Crippen molar-refractivity contribution in [3.8, 4) is 0 Å². The summed E-state index contributed by atoms with van der Waals surface area (Å²) in [4.78, 5) is 0.0821. The molecule has 0 amide bonds. The van der Waals surface area contributed by atoms with Crippen LogP contribution in [-0.2, 0) is 23.7 Å². The molecule has 0 fully saturated rings. The number of hydrogen-bond donors (Lipinski definition) is 2. The van der Waals surface area contributed by atoms with Gasteiger partial charge in [0.15, 0.2) is 0 Å². The molecule has 0 saturated carbocycles. The first-order valence-corrected chi connectivity index (χ1v) is 8.51. The molecule has 108 valence electrons. The van der Waals surface area contributed by atoms with Crippen LogP contribution in [0.4, 0.5) is 5.69 Å². The fourth-order valence-corrected chi connectivity index (χ4v) is 3.79. The highest BCUT2D eigenvalue weighted by Crippen LogP contribution is 2.26. The zero-order chi connectivity index (χ0) is 14.9. The maximum Gasteiger partial charge on any atom is 0.263 e. The maximum atomic E-state index is 12.3. The minimum Gasteiger partial charge on any atom is -0.390 e. The number of nitrogens with one attached hydrogen (secondary N) is 1. The minimum absolute atomic E-state index is 0.0821. The van der Waals surface area contributed by atoms with E-state index in [4.69, 9.17) is 16.7 Å². The van der Waals surface area contributed by atoms with Gasteiger partial charge < -0.3 is 9.67 Å². The van der Waals surface area contributed by atoms with E-state index in [2.05, 4.69) is 27.3 Å². The third-order valence-corrected chi connectivity index (χ3v) is 5.05. The number of aliphatic hydroxyl groups is 1. The van der Waals surface area contributed by atoms with E-state index in [0.29, 0.717) is 16.4 Å². The number of hydrogen-bond acceptors (Lipinski definition) is 3. The van der Waals surface area contributed by atoms with Crippen molar-refractivity contribution in [1.29, 1.82) is 0 Å². The summed E-state index contributed by atoms with van der Waals surface area (Å²) in [5.74, 6) is 0. The first-order valence-electron chi connectivity index (χ1n) is 5.57. The lowest BCUT2D eigenvalue weighted by molar-refractivity contribution is 0.272. The number of benzene rings is 1. The Labute approximate surface area is 135 Å². The van der Waals surface area contributed by atoms with E-state index in [9.17, 15) is 8.42 Å². The predicted molar refractivity (Wildman–Crippen MR) is 86.3 cm³/mol. The molecule has 20 heavy (non-hydrogen) atoms. The normalized spacial score (nSPS) is 11.6. The summed E-state index contributed by atoms with van der Waals surface area (Å²) in [7, 11) is -2.06. The zero-order valence-electron chi connectivity index (χ0n) is 10.5. The summed E-state index contributed by atoms with van der Waals surface area (Å²) in [5.41, 5.74) is 0.834. The molecule has 2 rings (SSSR count). The van der Waals surface area contributed by atoms with E-state index in [1.165, 1.54) is 12.3 Å². The molecule has 0 atom stereocenters. The number of rotatable bonds is 4. The third kappa shape index (κ3) is 3.27. The Morgan fingerprint density at radius 1 is 1.40 bits per heavy atom. The van der Waals surface area contributed by atoms with Crippen molar-refractivity contribution in [1.82, 2.24) is 4.57 Å². The fraction of sp³-hybridized carbons (Fsp3) is 0.167. The first kappa shape index (κ1) is 15.6. The van der Waals surface area contributed by atoms with Gasteiger partial charge in [-0.3, -0.25) is 4.72 Å². The topological polar surface area (TPSA) is 71.3 Å². The molecule has 0 saturated heterocycles. The third-order valence-electron chi connectivity index (χ3n) is 2.73. The van der Waals surface area contributed by atoms with Crippen LogP contribution in [0.15, 0.2) is 35.4 Å². The molecule has 1 heterocycles. The number of aryl methyl sites for hydroxylation is 1. The molecule has 8 heteroatoms. The zero-order valence-corrected chi connectivity index (χ0v) is 14.2. The smallest absolute Gasteiger partial charge is 0.263 e. The second-order valence-corrected chi connectivity index (χ2v) is 7.50. The fourth-order valence-electron chi connectivity index (χ4n) is 1.66. The van der Waals surface area contributed by atoms with Crippen molar-refractivity contribution in [2.75, 3.05) is 4.72 Å². The van der Waals surface area contributed by atoms with Gasteiger partial charge >= 0.3 is 0 Å². The van der Waals surface area contributed by atoms with Crippen LogP contribution in [0.3, 0.4) is 0 Å². The van der Waals surface area contributed by atoms with Gasteiger partial charge in [-0.2, -0.15) is 0 Å². The molecule has 1 aromatic heterocycles. The van der Waals surface area contributed by atoms with Crippen molar-refractivity contribution in [2.45, 2.75) is 11.5 Å². The number of aromatic nitrogens is 1. The molecule has 5 nitrogen and oxygen atoms in total. The number of halogens is 2. The second kappa shape index (κ2) is 5.92. The van der Waals surface area contributed by atoms with Gasteiger partial charge in [-0.15, -0.1) is 0 Å². The summed E-state index contributed by atoms with van der Waals surface area (Å²) in [6, 6.07) is 6.46. The van der Waals surface area contributed by atoms with Crippen LogP contribution in [0, 0.1) is 3.57 Å². The molecule has 1 aromatic carbocycles. The highest BCUT2D eigenvalue weighted by Gasteiger charge is 2.18. The van der Waals surface area contributed by atoms with Gasteiger partial charge in [-0.1, -0.05) is 11.6 Å². The lowest BCUT2D eigenvalue weighted by atomic mass is 10.3. The Balaban J connectivity index is 2.35. The van der Waals surface area contributed by atoms with Crippen molar-refractivity contribution >= 4 is 49.9 Å². The summed E-state index contributed by atoms with van der Waals surface area (Å²) in [6.45, 7) is -0.226. The average Bonchev–Trinajstić information content (AvgIpc) is 2.75. The summed E-state index contributed by atoms with van der Waals surface area (Å²) >= 11 is 8.10. The lowest BCUT2D eigenvalue weighted by Crippen LogP contribution is -2.12. The Hall–Kier alpha value is -0.770. The van der Waals surface area contributed by atoms with Gasteiger partial charge in [0.05, 0.1) is 17.3 Å². The van der Waals surface area contributed by atoms with Crippen LogP contribution < -0.4 is 4.72 Å². The largest absolute Gasteiger partial charge is 0.390 e. The molecule has 2 aromatic rings. The molecular weight excluding hydrogens is 415 g/mol. The van der Waals surface area contributed by atoms with Crippen molar-refractivity contribution in [2.24, 2.45) is 7.05 Å². The van der Waals surface area contributed by atoms with Crippen LogP contribution in [0.1, 0.15) is 5.69 Å². The van der Waals surface area contributed by atoms with E-state index < -0.39 is 10.0 Å². The number of sulfonamides is 1. The molecule has 0 spiro atoms. The van der Waals surface area contributed by atoms with Crippen molar-refractivity contribution in [3.05, 3.63) is 44.7 Å². The van der Waals surface area contributed by atoms with Gasteiger partial charge in [0.2, 0.25) is 0 Å². The molecule has 0 aliphatic heterocycles. The highest BCUT2D eigenvalue weighted by atomic mass is 127. The van der Waals surface area contributed by atoms with Crippen LogP contribution in [0.5, 0.6) is 0 Å². The van der Waals surface area contributed by atoms with Gasteiger partial charge in [-0.05, 0) is 46.9 Å². The van der Waals surface area contributed by atoms with Crippen LogP contribution in [-0.4, -0.2) is 18.1 Å². The standard InChI is InChI=1S/C12H12ClIN2O3S/c1-16-6-10(5-9(16)7-17)20(18,19)15-12-3-2-8(14)4-11(12)13/h2-6,15,17H,7H2,1H3. The Kier molecular flexibility index (Phi) is 4.62. The Morgan fingerprint density at radius 3 is 2.65 bits per heavy atom. The maximum absolute atomic E-state index is 12.3. The monoisotopic (exact) mass is 426 g/mol. The minimum atomic E-state index is -3.73.